The predicted molar refractivity (Wildman–Crippen MR) is 112 cm³/mol. The summed E-state index contributed by atoms with van der Waals surface area (Å²) in [4.78, 5) is 21.9. The van der Waals surface area contributed by atoms with E-state index >= 15 is 0 Å². The van der Waals surface area contributed by atoms with Gasteiger partial charge in [0.05, 0.1) is 11.4 Å². The molecule has 0 radical (unpaired) electrons. The number of nitrogens with zero attached hydrogens (tertiary/aromatic N) is 2. The zero-order chi connectivity index (χ0) is 19.3. The fourth-order valence-electron chi connectivity index (χ4n) is 2.97. The smallest absolute Gasteiger partial charge is 0.293 e. The summed E-state index contributed by atoms with van der Waals surface area (Å²) in [6, 6.07) is 29.2. The van der Waals surface area contributed by atoms with E-state index in [1.165, 1.54) is 0 Å². The molecule has 4 aromatic rings. The van der Waals surface area contributed by atoms with Crippen LogP contribution in [0, 0.1) is 6.92 Å². The Morgan fingerprint density at radius 3 is 1.82 bits per heavy atom. The summed E-state index contributed by atoms with van der Waals surface area (Å²) in [5.41, 5.74) is 5.09. The number of rotatable bonds is 4. The lowest BCUT2D eigenvalue weighted by Crippen LogP contribution is -2.16. The van der Waals surface area contributed by atoms with Gasteiger partial charge >= 0.3 is 0 Å². The van der Waals surface area contributed by atoms with E-state index < -0.39 is 0 Å². The van der Waals surface area contributed by atoms with Gasteiger partial charge in [-0.25, -0.2) is 9.97 Å². The van der Waals surface area contributed by atoms with Crippen molar-refractivity contribution in [3.8, 4) is 22.5 Å². The van der Waals surface area contributed by atoms with E-state index in [1.54, 1.807) is 0 Å². The van der Waals surface area contributed by atoms with E-state index in [0.29, 0.717) is 11.4 Å². The van der Waals surface area contributed by atoms with Gasteiger partial charge in [-0.05, 0) is 30.7 Å². The van der Waals surface area contributed by atoms with Gasteiger partial charge in [-0.3, -0.25) is 4.79 Å². The lowest BCUT2D eigenvalue weighted by Gasteiger charge is -2.10. The number of nitrogens with one attached hydrogen (secondary N) is 1. The van der Waals surface area contributed by atoms with E-state index in [0.717, 1.165) is 22.4 Å². The summed E-state index contributed by atoms with van der Waals surface area (Å²) in [5, 5.41) is 2.89. The van der Waals surface area contributed by atoms with E-state index in [9.17, 15) is 4.79 Å². The molecular weight excluding hydrogens is 346 g/mol. The van der Waals surface area contributed by atoms with Crippen LogP contribution >= 0.6 is 0 Å². The highest BCUT2D eigenvalue weighted by atomic mass is 16.2. The van der Waals surface area contributed by atoms with E-state index in [1.807, 2.05) is 97.9 Å². The second kappa shape index (κ2) is 7.84. The molecule has 0 atom stereocenters. The van der Waals surface area contributed by atoms with Crippen LogP contribution in [0.15, 0.2) is 91.0 Å². The van der Waals surface area contributed by atoms with Crippen LogP contribution in [0.3, 0.4) is 0 Å². The molecule has 28 heavy (non-hydrogen) atoms. The Kier molecular flexibility index (Phi) is 4.93. The number of anilines is 1. The van der Waals surface area contributed by atoms with Gasteiger partial charge in [-0.2, -0.15) is 0 Å². The Labute approximate surface area is 163 Å². The molecule has 4 rings (SSSR count). The molecule has 0 unspecified atom stereocenters. The van der Waals surface area contributed by atoms with E-state index in [2.05, 4.69) is 15.3 Å². The maximum absolute atomic E-state index is 12.9. The van der Waals surface area contributed by atoms with Crippen LogP contribution < -0.4 is 5.32 Å². The van der Waals surface area contributed by atoms with Crippen LogP contribution in [-0.4, -0.2) is 15.9 Å². The number of aryl methyl sites for hydroxylation is 1. The van der Waals surface area contributed by atoms with Gasteiger partial charge < -0.3 is 5.32 Å². The second-order valence-electron chi connectivity index (χ2n) is 6.52. The average molecular weight is 365 g/mol. The molecule has 0 fully saturated rings. The SMILES string of the molecule is Cc1cccc(NC(=O)c2nc(-c3ccccc3)cc(-c3ccccc3)n2)c1. The minimum atomic E-state index is -0.333. The van der Waals surface area contributed by atoms with Crippen molar-refractivity contribution < 1.29 is 4.79 Å². The van der Waals surface area contributed by atoms with Crippen molar-refractivity contribution in [2.75, 3.05) is 5.32 Å². The lowest BCUT2D eigenvalue weighted by molar-refractivity contribution is 0.101. The van der Waals surface area contributed by atoms with Crippen molar-refractivity contribution in [1.29, 1.82) is 0 Å². The number of hydrogen-bond acceptors (Lipinski definition) is 3. The predicted octanol–water partition coefficient (Wildman–Crippen LogP) is 5.37. The van der Waals surface area contributed by atoms with Gasteiger partial charge in [0.25, 0.3) is 5.91 Å². The number of carbonyl (C=O) groups is 1. The first-order valence-electron chi connectivity index (χ1n) is 9.07. The van der Waals surface area contributed by atoms with Crippen LogP contribution in [0.4, 0.5) is 5.69 Å². The highest BCUT2D eigenvalue weighted by Crippen LogP contribution is 2.24. The molecule has 4 heteroatoms. The van der Waals surface area contributed by atoms with Crippen molar-refractivity contribution in [2.24, 2.45) is 0 Å². The molecule has 0 bridgehead atoms. The van der Waals surface area contributed by atoms with Crippen LogP contribution in [-0.2, 0) is 0 Å². The van der Waals surface area contributed by atoms with Gasteiger partial charge in [0.15, 0.2) is 0 Å². The summed E-state index contributed by atoms with van der Waals surface area (Å²) < 4.78 is 0. The minimum Gasteiger partial charge on any atom is -0.319 e. The first kappa shape index (κ1) is 17.6. The van der Waals surface area contributed by atoms with E-state index in [-0.39, 0.29) is 11.7 Å². The molecule has 0 aliphatic carbocycles. The maximum atomic E-state index is 12.9. The van der Waals surface area contributed by atoms with E-state index in [4.69, 9.17) is 0 Å². The van der Waals surface area contributed by atoms with Crippen molar-refractivity contribution in [3.63, 3.8) is 0 Å². The van der Waals surface area contributed by atoms with Crippen LogP contribution in [0.1, 0.15) is 16.2 Å². The Bertz CT molecular complexity index is 1050. The quantitative estimate of drug-likeness (QED) is 0.529. The van der Waals surface area contributed by atoms with Gasteiger partial charge in [0, 0.05) is 16.8 Å². The normalized spacial score (nSPS) is 10.5. The highest BCUT2D eigenvalue weighted by Gasteiger charge is 2.15. The molecule has 1 amide bonds. The summed E-state index contributed by atoms with van der Waals surface area (Å²) in [6.45, 7) is 1.98. The number of benzene rings is 3. The summed E-state index contributed by atoms with van der Waals surface area (Å²) in [6.07, 6.45) is 0. The fourth-order valence-corrected chi connectivity index (χ4v) is 2.97. The Balaban J connectivity index is 1.76. The van der Waals surface area contributed by atoms with Crippen LogP contribution in [0.2, 0.25) is 0 Å². The molecule has 0 spiro atoms. The third-order valence-corrected chi connectivity index (χ3v) is 4.34. The highest BCUT2D eigenvalue weighted by molar-refractivity contribution is 6.02. The van der Waals surface area contributed by atoms with Gasteiger partial charge in [-0.1, -0.05) is 72.8 Å². The first-order chi connectivity index (χ1) is 13.7. The summed E-state index contributed by atoms with van der Waals surface area (Å²) in [5.74, 6) is -0.192. The van der Waals surface area contributed by atoms with Gasteiger partial charge in [-0.15, -0.1) is 0 Å². The Morgan fingerprint density at radius 1 is 0.714 bits per heavy atom. The molecular formula is C24H19N3O. The monoisotopic (exact) mass is 365 g/mol. The molecule has 0 saturated heterocycles. The molecule has 136 valence electrons. The van der Waals surface area contributed by atoms with Crippen molar-refractivity contribution in [3.05, 3.63) is 102 Å². The average Bonchev–Trinajstić information content (AvgIpc) is 2.75. The summed E-state index contributed by atoms with van der Waals surface area (Å²) in [7, 11) is 0. The molecule has 0 aliphatic rings. The Morgan fingerprint density at radius 2 is 1.29 bits per heavy atom. The number of aromatic nitrogens is 2. The fraction of sp³-hybridized carbons (Fsp3) is 0.0417. The maximum Gasteiger partial charge on any atom is 0.293 e. The number of hydrogen-bond donors (Lipinski definition) is 1. The van der Waals surface area contributed by atoms with Gasteiger partial charge in [0.2, 0.25) is 5.82 Å². The summed E-state index contributed by atoms with van der Waals surface area (Å²) >= 11 is 0. The van der Waals surface area contributed by atoms with Crippen LogP contribution in [0.25, 0.3) is 22.5 Å². The molecule has 0 aliphatic heterocycles. The molecule has 1 N–H and O–H groups in total. The number of amides is 1. The molecule has 0 saturated carbocycles. The van der Waals surface area contributed by atoms with Crippen molar-refractivity contribution in [2.45, 2.75) is 6.92 Å². The number of carbonyl (C=O) groups excluding carboxylic acids is 1. The molecule has 4 nitrogen and oxygen atoms in total. The minimum absolute atomic E-state index is 0.140. The lowest BCUT2D eigenvalue weighted by atomic mass is 10.1. The van der Waals surface area contributed by atoms with Gasteiger partial charge in [0.1, 0.15) is 0 Å². The molecule has 1 heterocycles. The first-order valence-corrected chi connectivity index (χ1v) is 9.07. The topological polar surface area (TPSA) is 54.9 Å². The van der Waals surface area contributed by atoms with Crippen molar-refractivity contribution in [1.82, 2.24) is 9.97 Å². The zero-order valence-corrected chi connectivity index (χ0v) is 15.5. The molecule has 3 aromatic carbocycles. The van der Waals surface area contributed by atoms with Crippen molar-refractivity contribution >= 4 is 11.6 Å². The molecule has 1 aromatic heterocycles. The third-order valence-electron chi connectivity index (χ3n) is 4.34. The largest absolute Gasteiger partial charge is 0.319 e. The second-order valence-corrected chi connectivity index (χ2v) is 6.52. The standard InChI is InChI=1S/C24H19N3O/c1-17-9-8-14-20(15-17)25-24(28)23-26-21(18-10-4-2-5-11-18)16-22(27-23)19-12-6-3-7-13-19/h2-16H,1H3,(H,25,28). The Hall–Kier alpha value is -3.79. The third kappa shape index (κ3) is 3.96. The van der Waals surface area contributed by atoms with Crippen LogP contribution in [0.5, 0.6) is 0 Å². The zero-order valence-electron chi connectivity index (χ0n) is 15.5.